The first-order chi connectivity index (χ1) is 10.3. The lowest BCUT2D eigenvalue weighted by Gasteiger charge is -2.67. The zero-order chi connectivity index (χ0) is 16.3. The fourth-order valence-electron chi connectivity index (χ4n) is 4.35. The molecule has 0 N–H and O–H groups in total. The van der Waals surface area contributed by atoms with Gasteiger partial charge < -0.3 is 9.47 Å². The van der Waals surface area contributed by atoms with Crippen LogP contribution in [0.15, 0.2) is 41.0 Å². The minimum atomic E-state index is -0.224. The zero-order valence-electron chi connectivity index (χ0n) is 14.0. The van der Waals surface area contributed by atoms with Gasteiger partial charge in [-0.2, -0.15) is 0 Å². The van der Waals surface area contributed by atoms with Crippen LogP contribution in [0.1, 0.15) is 33.3 Å². The highest BCUT2D eigenvalue weighted by Crippen LogP contribution is 2.77. The molecule has 0 amide bonds. The Morgan fingerprint density at radius 1 is 0.955 bits per heavy atom. The number of carbonyl (C=O) groups is 1. The highest BCUT2D eigenvalue weighted by molar-refractivity contribution is 6.09. The normalized spacial score (nSPS) is 29.5. The number of hydrogen-bond donors (Lipinski definition) is 0. The summed E-state index contributed by atoms with van der Waals surface area (Å²) in [7, 11) is 3.10. The molecule has 0 heterocycles. The molecule has 116 valence electrons. The molecular weight excluding hydrogens is 276 g/mol. The molecule has 0 bridgehead atoms. The van der Waals surface area contributed by atoms with Crippen LogP contribution >= 0.6 is 0 Å². The second-order valence-electron chi connectivity index (χ2n) is 6.47. The summed E-state index contributed by atoms with van der Waals surface area (Å²) in [5.74, 6) is 0.589. The summed E-state index contributed by atoms with van der Waals surface area (Å²) in [6.45, 7) is 8.65. The van der Waals surface area contributed by atoms with Crippen molar-refractivity contribution in [3.63, 3.8) is 0 Å². The molecule has 3 nitrogen and oxygen atoms in total. The van der Waals surface area contributed by atoms with Crippen molar-refractivity contribution in [1.82, 2.24) is 0 Å². The molecule has 3 heteroatoms. The Morgan fingerprint density at radius 3 is 2.00 bits per heavy atom. The molecule has 1 aromatic carbocycles. The van der Waals surface area contributed by atoms with Gasteiger partial charge in [0, 0.05) is 10.8 Å². The van der Waals surface area contributed by atoms with Crippen LogP contribution in [0.5, 0.6) is 5.75 Å². The van der Waals surface area contributed by atoms with E-state index in [1.165, 1.54) is 18.3 Å². The Kier molecular flexibility index (Phi) is 3.03. The molecule has 0 saturated heterocycles. The van der Waals surface area contributed by atoms with Gasteiger partial charge in [0.05, 0.1) is 19.8 Å². The highest BCUT2D eigenvalue weighted by Gasteiger charge is 2.69. The van der Waals surface area contributed by atoms with Crippen LogP contribution in [-0.2, 0) is 9.53 Å². The summed E-state index contributed by atoms with van der Waals surface area (Å²) >= 11 is 0. The summed E-state index contributed by atoms with van der Waals surface area (Å²) in [6.07, 6.45) is 0. The quantitative estimate of drug-likeness (QED) is 0.625. The van der Waals surface area contributed by atoms with Crippen molar-refractivity contribution in [3.8, 4) is 5.75 Å². The lowest BCUT2D eigenvalue weighted by molar-refractivity contribution is -0.138. The molecule has 0 spiro atoms. The topological polar surface area (TPSA) is 35.5 Å². The monoisotopic (exact) mass is 298 g/mol. The average Bonchev–Trinajstić information content (AvgIpc) is 2.56. The summed E-state index contributed by atoms with van der Waals surface area (Å²) in [5, 5.41) is 0. The largest absolute Gasteiger partial charge is 0.497 e. The number of esters is 1. The number of fused-ring (bicyclic) bond motifs is 1. The predicted octanol–water partition coefficient (Wildman–Crippen LogP) is 4.00. The molecule has 0 aliphatic heterocycles. The van der Waals surface area contributed by atoms with Crippen molar-refractivity contribution in [2.45, 2.75) is 27.7 Å². The second-order valence-corrected chi connectivity index (χ2v) is 6.47. The maximum Gasteiger partial charge on any atom is 0.335 e. The fraction of sp³-hybridized carbons (Fsp3) is 0.421. The van der Waals surface area contributed by atoms with E-state index in [9.17, 15) is 4.79 Å². The summed E-state index contributed by atoms with van der Waals surface area (Å²) in [5.41, 5.74) is 5.29. The third-order valence-corrected chi connectivity index (χ3v) is 6.08. The first kappa shape index (κ1) is 14.9. The standard InChI is InChI=1S/C19H22O3/c1-11-12(2)19(4)16(17(20)22-6)15(18(11,19)3)13-7-9-14(21-5)10-8-13/h7-10H,1-6H3. The SMILES string of the molecule is COC(=O)C1=C(c2ccc(OC)cc2)C2(C)C(C)=C(C)C12C. The summed E-state index contributed by atoms with van der Waals surface area (Å²) < 4.78 is 10.3. The van der Waals surface area contributed by atoms with Gasteiger partial charge in [-0.25, -0.2) is 4.79 Å². The Balaban J connectivity index is 2.18. The van der Waals surface area contributed by atoms with Crippen LogP contribution < -0.4 is 4.74 Å². The Labute approximate surface area is 131 Å². The number of carbonyl (C=O) groups excluding carboxylic acids is 1. The molecule has 3 rings (SSSR count). The number of methoxy groups -OCH3 is 2. The van der Waals surface area contributed by atoms with Gasteiger partial charge >= 0.3 is 5.97 Å². The minimum Gasteiger partial charge on any atom is -0.497 e. The van der Waals surface area contributed by atoms with Gasteiger partial charge in [-0.15, -0.1) is 0 Å². The van der Waals surface area contributed by atoms with E-state index in [2.05, 4.69) is 27.7 Å². The van der Waals surface area contributed by atoms with E-state index in [0.29, 0.717) is 0 Å². The Hall–Kier alpha value is -2.03. The number of ether oxygens (including phenoxy) is 2. The molecule has 2 aliphatic carbocycles. The van der Waals surface area contributed by atoms with E-state index >= 15 is 0 Å². The molecule has 2 aliphatic rings. The van der Waals surface area contributed by atoms with Gasteiger partial charge in [-0.1, -0.05) is 37.1 Å². The van der Waals surface area contributed by atoms with Crippen molar-refractivity contribution in [2.75, 3.05) is 14.2 Å². The molecule has 0 fully saturated rings. The molecule has 1 aromatic rings. The number of rotatable bonds is 3. The van der Waals surface area contributed by atoms with E-state index in [-0.39, 0.29) is 16.8 Å². The second kappa shape index (κ2) is 4.48. The summed E-state index contributed by atoms with van der Waals surface area (Å²) in [6, 6.07) is 7.90. The van der Waals surface area contributed by atoms with E-state index in [1.54, 1.807) is 7.11 Å². The molecule has 22 heavy (non-hydrogen) atoms. The summed E-state index contributed by atoms with van der Waals surface area (Å²) in [4.78, 5) is 12.4. The molecule has 0 aromatic heterocycles. The third-order valence-electron chi connectivity index (χ3n) is 6.08. The van der Waals surface area contributed by atoms with Crippen LogP contribution in [-0.4, -0.2) is 20.2 Å². The van der Waals surface area contributed by atoms with Gasteiger partial charge in [-0.3, -0.25) is 0 Å². The van der Waals surface area contributed by atoms with Crippen molar-refractivity contribution < 1.29 is 14.3 Å². The van der Waals surface area contributed by atoms with Crippen molar-refractivity contribution in [2.24, 2.45) is 10.8 Å². The van der Waals surface area contributed by atoms with E-state index in [1.807, 2.05) is 24.3 Å². The Bertz CT molecular complexity index is 724. The maximum absolute atomic E-state index is 12.4. The first-order valence-electron chi connectivity index (χ1n) is 7.50. The van der Waals surface area contributed by atoms with E-state index in [0.717, 1.165) is 22.5 Å². The smallest absolute Gasteiger partial charge is 0.335 e. The first-order valence-corrected chi connectivity index (χ1v) is 7.50. The maximum atomic E-state index is 12.4. The van der Waals surface area contributed by atoms with E-state index in [4.69, 9.17) is 9.47 Å². The molecule has 2 atom stereocenters. The lowest BCUT2D eigenvalue weighted by atomic mass is 9.35. The Morgan fingerprint density at radius 2 is 1.50 bits per heavy atom. The van der Waals surface area contributed by atoms with Crippen LogP contribution in [0.25, 0.3) is 5.57 Å². The van der Waals surface area contributed by atoms with Crippen LogP contribution in [0.2, 0.25) is 0 Å². The molecular formula is C19H22O3. The van der Waals surface area contributed by atoms with Gasteiger partial charge in [0.2, 0.25) is 0 Å². The number of hydrogen-bond acceptors (Lipinski definition) is 3. The minimum absolute atomic E-state index is 0.0881. The van der Waals surface area contributed by atoms with Crippen molar-refractivity contribution >= 4 is 11.5 Å². The number of benzene rings is 1. The van der Waals surface area contributed by atoms with Crippen LogP contribution in [0.4, 0.5) is 0 Å². The predicted molar refractivity (Wildman–Crippen MR) is 86.5 cm³/mol. The third kappa shape index (κ3) is 1.39. The van der Waals surface area contributed by atoms with Gasteiger partial charge in [0.15, 0.2) is 0 Å². The fourth-order valence-corrected chi connectivity index (χ4v) is 4.35. The van der Waals surface area contributed by atoms with Gasteiger partial charge in [-0.05, 0) is 37.1 Å². The zero-order valence-corrected chi connectivity index (χ0v) is 14.0. The van der Waals surface area contributed by atoms with Crippen LogP contribution in [0, 0.1) is 10.8 Å². The van der Waals surface area contributed by atoms with Crippen molar-refractivity contribution in [3.05, 3.63) is 46.5 Å². The average molecular weight is 298 g/mol. The van der Waals surface area contributed by atoms with Crippen molar-refractivity contribution in [1.29, 1.82) is 0 Å². The molecule has 0 radical (unpaired) electrons. The molecule has 2 unspecified atom stereocenters. The van der Waals surface area contributed by atoms with Crippen LogP contribution in [0.3, 0.4) is 0 Å². The molecule has 0 saturated carbocycles. The van der Waals surface area contributed by atoms with E-state index < -0.39 is 0 Å². The number of allylic oxidation sites excluding steroid dienone is 3. The van der Waals surface area contributed by atoms with Gasteiger partial charge in [0.1, 0.15) is 5.75 Å². The highest BCUT2D eigenvalue weighted by atomic mass is 16.5. The lowest BCUT2D eigenvalue weighted by Crippen LogP contribution is -2.60. The van der Waals surface area contributed by atoms with Gasteiger partial charge in [0.25, 0.3) is 0 Å².